The first-order chi connectivity index (χ1) is 7.06. The van der Waals surface area contributed by atoms with Gasteiger partial charge in [0.15, 0.2) is 0 Å². The van der Waals surface area contributed by atoms with Crippen LogP contribution in [0.5, 0.6) is 0 Å². The van der Waals surface area contributed by atoms with Gasteiger partial charge in [-0.15, -0.1) is 0 Å². The van der Waals surface area contributed by atoms with Crippen LogP contribution in [-0.2, 0) is 9.59 Å². The van der Waals surface area contributed by atoms with Crippen molar-refractivity contribution < 1.29 is 19.8 Å². The molecule has 1 aliphatic rings. The third kappa shape index (κ3) is 2.31. The number of aliphatic hydroxyl groups excluding tert-OH is 2. The van der Waals surface area contributed by atoms with E-state index in [1.165, 1.54) is 0 Å². The SMILES string of the molecule is CCC(CO)(CO)N=C1NC(=O)C(=O)N1. The summed E-state index contributed by atoms with van der Waals surface area (Å²) in [6.07, 6.45) is 0.384. The van der Waals surface area contributed by atoms with E-state index in [9.17, 15) is 9.59 Å². The fourth-order valence-electron chi connectivity index (χ4n) is 1.08. The van der Waals surface area contributed by atoms with Crippen molar-refractivity contribution in [1.82, 2.24) is 10.6 Å². The molecule has 1 saturated heterocycles. The summed E-state index contributed by atoms with van der Waals surface area (Å²) in [5.74, 6) is -1.63. The quantitative estimate of drug-likeness (QED) is 0.396. The molecular weight excluding hydrogens is 202 g/mol. The predicted molar refractivity (Wildman–Crippen MR) is 50.9 cm³/mol. The zero-order valence-electron chi connectivity index (χ0n) is 8.28. The summed E-state index contributed by atoms with van der Waals surface area (Å²) in [7, 11) is 0. The van der Waals surface area contributed by atoms with Crippen LogP contribution in [0, 0.1) is 0 Å². The largest absolute Gasteiger partial charge is 0.394 e. The number of nitrogens with zero attached hydrogens (tertiary/aromatic N) is 1. The Kier molecular flexibility index (Phi) is 3.38. The van der Waals surface area contributed by atoms with Gasteiger partial charge in [-0.3, -0.25) is 20.2 Å². The summed E-state index contributed by atoms with van der Waals surface area (Å²) in [6, 6.07) is 0. The molecule has 0 bridgehead atoms. The van der Waals surface area contributed by atoms with Crippen molar-refractivity contribution in [3.05, 3.63) is 0 Å². The molecule has 0 aromatic heterocycles. The van der Waals surface area contributed by atoms with Crippen LogP contribution in [0.15, 0.2) is 4.99 Å². The Morgan fingerprint density at radius 3 is 2.00 bits per heavy atom. The van der Waals surface area contributed by atoms with Crippen molar-refractivity contribution in [2.75, 3.05) is 13.2 Å². The summed E-state index contributed by atoms with van der Waals surface area (Å²) in [4.78, 5) is 25.5. The topological polar surface area (TPSA) is 111 Å². The third-order valence-corrected chi connectivity index (χ3v) is 2.27. The van der Waals surface area contributed by atoms with Gasteiger partial charge in [-0.05, 0) is 6.42 Å². The smallest absolute Gasteiger partial charge is 0.316 e. The fraction of sp³-hybridized carbons (Fsp3) is 0.625. The zero-order valence-corrected chi connectivity index (χ0v) is 8.28. The van der Waals surface area contributed by atoms with Crippen molar-refractivity contribution in [2.24, 2.45) is 4.99 Å². The minimum Gasteiger partial charge on any atom is -0.394 e. The summed E-state index contributed by atoms with van der Waals surface area (Å²) < 4.78 is 0. The van der Waals surface area contributed by atoms with E-state index in [0.29, 0.717) is 6.42 Å². The molecular formula is C8H13N3O4. The standard InChI is InChI=1S/C8H13N3O4/c1-2-8(3-12,4-13)11-7-9-5(14)6(15)10-7/h12-13H,2-4H2,1H3,(H2,9,10,11,14,15). The number of carbonyl (C=O) groups excluding carboxylic acids is 2. The monoisotopic (exact) mass is 215 g/mol. The number of carbonyl (C=O) groups is 2. The highest BCUT2D eigenvalue weighted by molar-refractivity contribution is 6.45. The van der Waals surface area contributed by atoms with Crippen LogP contribution in [0.2, 0.25) is 0 Å². The molecule has 0 aliphatic carbocycles. The maximum atomic E-state index is 10.8. The average molecular weight is 215 g/mol. The molecule has 1 fully saturated rings. The minimum absolute atomic E-state index is 0.0325. The van der Waals surface area contributed by atoms with Gasteiger partial charge in [-0.1, -0.05) is 6.92 Å². The lowest BCUT2D eigenvalue weighted by Gasteiger charge is -2.23. The molecule has 1 heterocycles. The Morgan fingerprint density at radius 1 is 1.20 bits per heavy atom. The molecule has 7 nitrogen and oxygen atoms in total. The van der Waals surface area contributed by atoms with E-state index in [4.69, 9.17) is 10.2 Å². The van der Waals surface area contributed by atoms with Gasteiger partial charge < -0.3 is 10.2 Å². The molecule has 15 heavy (non-hydrogen) atoms. The van der Waals surface area contributed by atoms with E-state index < -0.39 is 17.4 Å². The molecule has 0 radical (unpaired) electrons. The lowest BCUT2D eigenvalue weighted by Crippen LogP contribution is -2.39. The van der Waals surface area contributed by atoms with Crippen molar-refractivity contribution in [2.45, 2.75) is 18.9 Å². The molecule has 0 saturated carbocycles. The number of hydrogen-bond donors (Lipinski definition) is 4. The second-order valence-electron chi connectivity index (χ2n) is 3.26. The average Bonchev–Trinajstić information content (AvgIpc) is 2.55. The molecule has 0 aromatic carbocycles. The first-order valence-corrected chi connectivity index (χ1v) is 4.51. The van der Waals surface area contributed by atoms with Crippen LogP contribution in [0.4, 0.5) is 0 Å². The van der Waals surface area contributed by atoms with Crippen molar-refractivity contribution in [1.29, 1.82) is 0 Å². The molecule has 1 rings (SSSR count). The van der Waals surface area contributed by atoms with Crippen LogP contribution >= 0.6 is 0 Å². The molecule has 2 amide bonds. The first-order valence-electron chi connectivity index (χ1n) is 4.51. The van der Waals surface area contributed by atoms with Crippen molar-refractivity contribution >= 4 is 17.8 Å². The number of amides is 2. The van der Waals surface area contributed by atoms with E-state index >= 15 is 0 Å². The first kappa shape index (κ1) is 11.6. The molecule has 0 aromatic rings. The Hall–Kier alpha value is -1.47. The lowest BCUT2D eigenvalue weighted by molar-refractivity contribution is -0.135. The maximum absolute atomic E-state index is 10.8. The lowest BCUT2D eigenvalue weighted by atomic mass is 10.00. The summed E-state index contributed by atoms with van der Waals surface area (Å²) >= 11 is 0. The van der Waals surface area contributed by atoms with Crippen molar-refractivity contribution in [3.8, 4) is 0 Å². The van der Waals surface area contributed by atoms with Gasteiger partial charge in [0, 0.05) is 0 Å². The van der Waals surface area contributed by atoms with E-state index in [0.717, 1.165) is 0 Å². The third-order valence-electron chi connectivity index (χ3n) is 2.27. The molecule has 84 valence electrons. The van der Waals surface area contributed by atoms with Gasteiger partial charge in [-0.25, -0.2) is 4.99 Å². The highest BCUT2D eigenvalue weighted by Gasteiger charge is 2.31. The van der Waals surface area contributed by atoms with E-state index in [1.54, 1.807) is 6.92 Å². The van der Waals surface area contributed by atoms with Gasteiger partial charge >= 0.3 is 11.8 Å². The molecule has 1 aliphatic heterocycles. The number of nitrogens with one attached hydrogen (secondary N) is 2. The van der Waals surface area contributed by atoms with Crippen LogP contribution in [-0.4, -0.2) is 46.7 Å². The highest BCUT2D eigenvalue weighted by Crippen LogP contribution is 2.14. The second-order valence-corrected chi connectivity index (χ2v) is 3.26. The molecule has 0 spiro atoms. The Balaban J connectivity index is 2.86. The Morgan fingerprint density at radius 2 is 1.67 bits per heavy atom. The second kappa shape index (κ2) is 4.37. The fourth-order valence-corrected chi connectivity index (χ4v) is 1.08. The van der Waals surface area contributed by atoms with Gasteiger partial charge in [-0.2, -0.15) is 0 Å². The molecule has 7 heteroatoms. The minimum atomic E-state index is -1.07. The molecule has 0 unspecified atom stereocenters. The van der Waals surface area contributed by atoms with Crippen LogP contribution < -0.4 is 10.6 Å². The number of rotatable bonds is 4. The van der Waals surface area contributed by atoms with Gasteiger partial charge in [0.1, 0.15) is 5.54 Å². The van der Waals surface area contributed by atoms with E-state index in [2.05, 4.69) is 15.6 Å². The summed E-state index contributed by atoms with van der Waals surface area (Å²) in [5, 5.41) is 22.5. The number of guanidine groups is 1. The predicted octanol–water partition coefficient (Wildman–Crippen LogP) is -2.28. The highest BCUT2D eigenvalue weighted by atomic mass is 16.3. The van der Waals surface area contributed by atoms with Crippen LogP contribution in [0.1, 0.15) is 13.3 Å². The summed E-state index contributed by atoms with van der Waals surface area (Å²) in [6.45, 7) is 1.000. The number of aliphatic hydroxyl groups is 2. The maximum Gasteiger partial charge on any atom is 0.316 e. The number of aliphatic imine (C=N–C) groups is 1. The normalized spacial score (nSPS) is 16.3. The molecule has 0 atom stereocenters. The Labute approximate surface area is 86.2 Å². The van der Waals surface area contributed by atoms with Gasteiger partial charge in [0.2, 0.25) is 5.96 Å². The zero-order chi connectivity index (χ0) is 11.5. The Bertz CT molecular complexity index is 283. The van der Waals surface area contributed by atoms with Crippen LogP contribution in [0.25, 0.3) is 0 Å². The van der Waals surface area contributed by atoms with Crippen LogP contribution in [0.3, 0.4) is 0 Å². The van der Waals surface area contributed by atoms with Crippen molar-refractivity contribution in [3.63, 3.8) is 0 Å². The van der Waals surface area contributed by atoms with E-state index in [-0.39, 0.29) is 19.2 Å². The van der Waals surface area contributed by atoms with E-state index in [1.807, 2.05) is 0 Å². The van der Waals surface area contributed by atoms with Gasteiger partial charge in [0.05, 0.1) is 13.2 Å². The molecule has 4 N–H and O–H groups in total. The summed E-state index contributed by atoms with van der Waals surface area (Å²) in [5.41, 5.74) is -1.07. The number of hydrogen-bond acceptors (Lipinski definition) is 5. The van der Waals surface area contributed by atoms with Gasteiger partial charge in [0.25, 0.3) is 0 Å².